The number of esters is 1. The molecule has 0 heterocycles. The van der Waals surface area contributed by atoms with E-state index in [0.717, 1.165) is 0 Å². The third-order valence-electron chi connectivity index (χ3n) is 2.89. The summed E-state index contributed by atoms with van der Waals surface area (Å²) < 4.78 is 17.9. The fraction of sp³-hybridized carbons (Fsp3) is 0.375. The van der Waals surface area contributed by atoms with Crippen LogP contribution in [0, 0.1) is 18.2 Å². The number of benzene rings is 1. The molecule has 1 rings (SSSR count). The first-order chi connectivity index (χ1) is 9.97. The molecule has 1 N–H and O–H groups in total. The summed E-state index contributed by atoms with van der Waals surface area (Å²) in [4.78, 5) is 22.9. The predicted octanol–water partition coefficient (Wildman–Crippen LogP) is 2.00. The first-order valence-corrected chi connectivity index (χ1v) is 6.62. The highest BCUT2D eigenvalue weighted by Gasteiger charge is 2.25. The van der Waals surface area contributed by atoms with Crippen LogP contribution in [0.15, 0.2) is 24.3 Å². The van der Waals surface area contributed by atoms with Crippen LogP contribution in [0.1, 0.15) is 31.7 Å². The van der Waals surface area contributed by atoms with Crippen LogP contribution >= 0.6 is 0 Å². The Bertz CT molecular complexity index is 533. The molecular formula is C16H18FNO3. The molecule has 0 aliphatic heterocycles. The van der Waals surface area contributed by atoms with Gasteiger partial charge < -0.3 is 10.1 Å². The molecule has 1 aromatic rings. The van der Waals surface area contributed by atoms with Crippen LogP contribution in [0.25, 0.3) is 0 Å². The van der Waals surface area contributed by atoms with Crippen LogP contribution in [-0.2, 0) is 14.3 Å². The van der Waals surface area contributed by atoms with Crippen molar-refractivity contribution >= 4 is 11.9 Å². The van der Waals surface area contributed by atoms with Gasteiger partial charge in [0.2, 0.25) is 5.91 Å². The topological polar surface area (TPSA) is 55.4 Å². The van der Waals surface area contributed by atoms with E-state index in [1.54, 1.807) is 19.1 Å². The quantitative estimate of drug-likeness (QED) is 0.644. The number of carbonyl (C=O) groups is 2. The SMILES string of the molecule is C#C[C@@H](c1ccc(F)cc1)[C@@H](CC(=O)OCC)NC(C)=O. The maximum atomic E-state index is 13.0. The van der Waals surface area contributed by atoms with E-state index in [4.69, 9.17) is 11.2 Å². The number of ether oxygens (including phenoxy) is 1. The fourth-order valence-corrected chi connectivity index (χ4v) is 2.03. The average Bonchev–Trinajstić information content (AvgIpc) is 2.41. The minimum atomic E-state index is -0.600. The maximum absolute atomic E-state index is 13.0. The van der Waals surface area contributed by atoms with E-state index in [-0.39, 0.29) is 24.8 Å². The molecule has 112 valence electrons. The van der Waals surface area contributed by atoms with Gasteiger partial charge in [0.1, 0.15) is 5.82 Å². The summed E-state index contributed by atoms with van der Waals surface area (Å²) >= 11 is 0. The first-order valence-electron chi connectivity index (χ1n) is 6.62. The van der Waals surface area contributed by atoms with Gasteiger partial charge in [-0.1, -0.05) is 18.1 Å². The van der Waals surface area contributed by atoms with Crippen LogP contribution in [0.5, 0.6) is 0 Å². The van der Waals surface area contributed by atoms with Crippen molar-refractivity contribution in [3.63, 3.8) is 0 Å². The lowest BCUT2D eigenvalue weighted by Crippen LogP contribution is -2.39. The van der Waals surface area contributed by atoms with Gasteiger partial charge in [-0.3, -0.25) is 9.59 Å². The van der Waals surface area contributed by atoms with Gasteiger partial charge in [-0.05, 0) is 24.6 Å². The van der Waals surface area contributed by atoms with E-state index in [0.29, 0.717) is 5.56 Å². The normalized spacial score (nSPS) is 12.9. The van der Waals surface area contributed by atoms with Gasteiger partial charge in [-0.25, -0.2) is 4.39 Å². The van der Waals surface area contributed by atoms with E-state index in [1.165, 1.54) is 19.1 Å². The molecule has 1 amide bonds. The molecule has 0 saturated heterocycles. The van der Waals surface area contributed by atoms with E-state index in [1.807, 2.05) is 0 Å². The highest BCUT2D eigenvalue weighted by Crippen LogP contribution is 2.22. The Hall–Kier alpha value is -2.35. The van der Waals surface area contributed by atoms with Gasteiger partial charge >= 0.3 is 5.97 Å². The van der Waals surface area contributed by atoms with Gasteiger partial charge in [0, 0.05) is 6.92 Å². The van der Waals surface area contributed by atoms with Crippen molar-refractivity contribution in [1.29, 1.82) is 0 Å². The zero-order valence-corrected chi connectivity index (χ0v) is 12.1. The van der Waals surface area contributed by atoms with Crippen molar-refractivity contribution in [2.45, 2.75) is 32.2 Å². The van der Waals surface area contributed by atoms with Crippen LogP contribution in [0.2, 0.25) is 0 Å². The minimum absolute atomic E-state index is 0.0420. The number of rotatable bonds is 6. The summed E-state index contributed by atoms with van der Waals surface area (Å²) in [6, 6.07) is 5.06. The van der Waals surface area contributed by atoms with Crippen molar-refractivity contribution < 1.29 is 18.7 Å². The molecular weight excluding hydrogens is 273 g/mol. The molecule has 1 aromatic carbocycles. The van der Waals surface area contributed by atoms with Crippen molar-refractivity contribution in [2.75, 3.05) is 6.61 Å². The van der Waals surface area contributed by atoms with E-state index < -0.39 is 17.9 Å². The van der Waals surface area contributed by atoms with Crippen LogP contribution in [0.3, 0.4) is 0 Å². The van der Waals surface area contributed by atoms with Gasteiger partial charge in [-0.2, -0.15) is 0 Å². The molecule has 2 atom stereocenters. The predicted molar refractivity (Wildman–Crippen MR) is 76.8 cm³/mol. The zero-order valence-electron chi connectivity index (χ0n) is 12.1. The van der Waals surface area contributed by atoms with Gasteiger partial charge in [-0.15, -0.1) is 6.42 Å². The second-order valence-electron chi connectivity index (χ2n) is 4.51. The third-order valence-corrected chi connectivity index (χ3v) is 2.89. The molecule has 0 aliphatic rings. The third kappa shape index (κ3) is 5.27. The number of hydrogen-bond acceptors (Lipinski definition) is 3. The fourth-order valence-electron chi connectivity index (χ4n) is 2.03. The van der Waals surface area contributed by atoms with Gasteiger partial charge in [0.05, 0.1) is 25.0 Å². The van der Waals surface area contributed by atoms with E-state index in [9.17, 15) is 14.0 Å². The van der Waals surface area contributed by atoms with Crippen molar-refractivity contribution in [2.24, 2.45) is 0 Å². The Labute approximate surface area is 123 Å². The lowest BCUT2D eigenvalue weighted by molar-refractivity contribution is -0.143. The van der Waals surface area contributed by atoms with Gasteiger partial charge in [0.25, 0.3) is 0 Å². The minimum Gasteiger partial charge on any atom is -0.466 e. The molecule has 5 heteroatoms. The summed E-state index contributed by atoms with van der Waals surface area (Å²) in [5, 5.41) is 2.66. The molecule has 0 aliphatic carbocycles. The number of halogens is 1. The molecule has 0 bridgehead atoms. The monoisotopic (exact) mass is 291 g/mol. The largest absolute Gasteiger partial charge is 0.466 e. The molecule has 0 spiro atoms. The van der Waals surface area contributed by atoms with Crippen LogP contribution < -0.4 is 5.32 Å². The second kappa shape index (κ2) is 8.05. The average molecular weight is 291 g/mol. The highest BCUT2D eigenvalue weighted by molar-refractivity contribution is 5.76. The smallest absolute Gasteiger partial charge is 0.307 e. The number of nitrogens with one attached hydrogen (secondary N) is 1. The Balaban J connectivity index is 2.97. The Kier molecular flexibility index (Phi) is 6.41. The summed E-state index contributed by atoms with van der Waals surface area (Å²) in [6.45, 7) is 3.29. The van der Waals surface area contributed by atoms with E-state index >= 15 is 0 Å². The summed E-state index contributed by atoms with van der Waals surface area (Å²) in [6.07, 6.45) is 5.48. The molecule has 0 aromatic heterocycles. The Morgan fingerprint density at radius 2 is 2.00 bits per heavy atom. The number of terminal acetylenes is 1. The molecule has 0 radical (unpaired) electrons. The lowest BCUT2D eigenvalue weighted by atomic mass is 9.90. The summed E-state index contributed by atoms with van der Waals surface area (Å²) in [5.41, 5.74) is 0.655. The maximum Gasteiger partial charge on any atom is 0.307 e. The number of amides is 1. The molecule has 21 heavy (non-hydrogen) atoms. The van der Waals surface area contributed by atoms with Crippen molar-refractivity contribution in [1.82, 2.24) is 5.32 Å². The van der Waals surface area contributed by atoms with E-state index in [2.05, 4.69) is 11.2 Å². The Morgan fingerprint density at radius 3 is 2.48 bits per heavy atom. The molecule has 4 nitrogen and oxygen atoms in total. The highest BCUT2D eigenvalue weighted by atomic mass is 19.1. The van der Waals surface area contributed by atoms with Crippen LogP contribution in [-0.4, -0.2) is 24.5 Å². The first kappa shape index (κ1) is 16.7. The second-order valence-corrected chi connectivity index (χ2v) is 4.51. The summed E-state index contributed by atoms with van der Waals surface area (Å²) in [7, 11) is 0. The zero-order chi connectivity index (χ0) is 15.8. The molecule has 0 fully saturated rings. The van der Waals surface area contributed by atoms with Crippen LogP contribution in [0.4, 0.5) is 4.39 Å². The van der Waals surface area contributed by atoms with Crippen molar-refractivity contribution in [3.8, 4) is 12.3 Å². The van der Waals surface area contributed by atoms with Gasteiger partial charge in [0.15, 0.2) is 0 Å². The van der Waals surface area contributed by atoms with Crippen molar-refractivity contribution in [3.05, 3.63) is 35.6 Å². The Morgan fingerprint density at radius 1 is 1.38 bits per heavy atom. The summed E-state index contributed by atoms with van der Waals surface area (Å²) in [5.74, 6) is 0.879. The lowest BCUT2D eigenvalue weighted by Gasteiger charge is -2.23. The number of hydrogen-bond donors (Lipinski definition) is 1. The standard InChI is InChI=1S/C16H18FNO3/c1-4-14(12-6-8-13(17)9-7-12)15(18-11(3)19)10-16(20)21-5-2/h1,6-9,14-15H,5,10H2,2-3H3,(H,18,19)/t14-,15+/m0/s1. The molecule has 0 unspecified atom stereocenters. The molecule has 0 saturated carbocycles. The number of carbonyl (C=O) groups excluding carboxylic acids is 2.